The number of aromatic nitrogens is 4. The third-order valence-electron chi connectivity index (χ3n) is 4.58. The lowest BCUT2D eigenvalue weighted by atomic mass is 9.95. The van der Waals surface area contributed by atoms with Crippen molar-refractivity contribution < 1.29 is 4.74 Å². The Balaban J connectivity index is 1.80. The first kappa shape index (κ1) is 16.8. The first-order valence-electron chi connectivity index (χ1n) is 8.78. The van der Waals surface area contributed by atoms with E-state index >= 15 is 0 Å². The van der Waals surface area contributed by atoms with Gasteiger partial charge < -0.3 is 20.8 Å². The molecule has 0 atom stereocenters. The number of H-pyrrole nitrogens is 1. The molecule has 0 unspecified atom stereocenters. The summed E-state index contributed by atoms with van der Waals surface area (Å²) >= 11 is 0. The molecule has 4 N–H and O–H groups in total. The maximum absolute atomic E-state index is 12.3. The zero-order valence-corrected chi connectivity index (χ0v) is 14.2. The number of hydrogen-bond donors (Lipinski definition) is 3. The van der Waals surface area contributed by atoms with Crippen LogP contribution in [-0.4, -0.2) is 39.2 Å². The van der Waals surface area contributed by atoms with Gasteiger partial charge in [0.15, 0.2) is 11.5 Å². The van der Waals surface area contributed by atoms with Crippen molar-refractivity contribution >= 4 is 17.0 Å². The first-order chi connectivity index (χ1) is 11.7. The number of hydrogen-bond acceptors (Lipinski definition) is 6. The quantitative estimate of drug-likeness (QED) is 0.658. The molecular weight excluding hydrogens is 308 g/mol. The highest BCUT2D eigenvalue weighted by atomic mass is 16.5. The van der Waals surface area contributed by atoms with Gasteiger partial charge in [-0.15, -0.1) is 0 Å². The number of nitrogen functional groups attached to an aromatic ring is 1. The Labute approximate surface area is 140 Å². The number of piperidine rings is 1. The van der Waals surface area contributed by atoms with Crippen LogP contribution in [0.25, 0.3) is 11.2 Å². The molecule has 1 saturated heterocycles. The van der Waals surface area contributed by atoms with Crippen LogP contribution < -0.4 is 21.5 Å². The van der Waals surface area contributed by atoms with Gasteiger partial charge in [-0.3, -0.25) is 4.57 Å². The lowest BCUT2D eigenvalue weighted by Crippen LogP contribution is -2.29. The minimum atomic E-state index is -0.189. The molecule has 2 aromatic rings. The fraction of sp³-hybridized carbons (Fsp3) is 0.688. The van der Waals surface area contributed by atoms with Crippen LogP contribution in [0.3, 0.4) is 0 Å². The van der Waals surface area contributed by atoms with Crippen molar-refractivity contribution in [2.45, 2.75) is 45.6 Å². The van der Waals surface area contributed by atoms with Crippen LogP contribution in [-0.2, 0) is 6.54 Å². The highest BCUT2D eigenvalue weighted by molar-refractivity contribution is 5.81. The van der Waals surface area contributed by atoms with E-state index in [-0.39, 0.29) is 17.5 Å². The van der Waals surface area contributed by atoms with Crippen LogP contribution in [0.2, 0.25) is 0 Å². The molecule has 0 spiro atoms. The van der Waals surface area contributed by atoms with E-state index in [1.807, 2.05) is 0 Å². The number of anilines is 1. The van der Waals surface area contributed by atoms with Crippen molar-refractivity contribution in [2.75, 3.05) is 25.4 Å². The molecule has 0 aromatic carbocycles. The van der Waals surface area contributed by atoms with Crippen LogP contribution >= 0.6 is 0 Å². The summed E-state index contributed by atoms with van der Waals surface area (Å²) in [6.07, 6.45) is 5.23. The Hall–Kier alpha value is -2.09. The number of nitrogens with two attached hydrogens (primary N) is 1. The molecule has 0 amide bonds. The Morgan fingerprint density at radius 1 is 1.33 bits per heavy atom. The topological polar surface area (TPSA) is 111 Å². The SMILES string of the molecule is CCCCOc1nc(N)c2[nH]c(=O)n(CCC3CCNCC3)c2n1. The van der Waals surface area contributed by atoms with Gasteiger partial charge in [-0.05, 0) is 44.7 Å². The second-order valence-electron chi connectivity index (χ2n) is 6.36. The number of fused-ring (bicyclic) bond motifs is 1. The van der Waals surface area contributed by atoms with Gasteiger partial charge in [-0.25, -0.2) is 4.79 Å². The summed E-state index contributed by atoms with van der Waals surface area (Å²) in [6, 6.07) is 0.239. The summed E-state index contributed by atoms with van der Waals surface area (Å²) < 4.78 is 7.21. The van der Waals surface area contributed by atoms with Crippen molar-refractivity contribution in [2.24, 2.45) is 5.92 Å². The van der Waals surface area contributed by atoms with Gasteiger partial charge in [0.1, 0.15) is 5.52 Å². The number of unbranched alkanes of at least 4 members (excludes halogenated alkanes) is 1. The summed E-state index contributed by atoms with van der Waals surface area (Å²) in [5.74, 6) is 0.895. The highest BCUT2D eigenvalue weighted by Gasteiger charge is 2.17. The van der Waals surface area contributed by atoms with Crippen molar-refractivity contribution in [3.8, 4) is 6.01 Å². The molecule has 0 bridgehead atoms. The third-order valence-corrected chi connectivity index (χ3v) is 4.58. The third kappa shape index (κ3) is 3.69. The lowest BCUT2D eigenvalue weighted by molar-refractivity contribution is 0.286. The van der Waals surface area contributed by atoms with Gasteiger partial charge in [0.2, 0.25) is 0 Å². The van der Waals surface area contributed by atoms with E-state index in [0.717, 1.165) is 45.2 Å². The Kier molecular flexibility index (Phi) is 5.34. The maximum atomic E-state index is 12.3. The summed E-state index contributed by atoms with van der Waals surface area (Å²) in [5.41, 5.74) is 6.80. The molecule has 1 fully saturated rings. The zero-order chi connectivity index (χ0) is 16.9. The van der Waals surface area contributed by atoms with E-state index in [2.05, 4.69) is 27.2 Å². The average molecular weight is 334 g/mol. The standard InChI is InChI=1S/C16H26N6O2/c1-2-3-10-24-15-20-13(17)12-14(21-15)22(16(23)19-12)9-6-11-4-7-18-8-5-11/h11,18H,2-10H2,1H3,(H,19,23)(H2,17,20,21). The van der Waals surface area contributed by atoms with E-state index < -0.39 is 0 Å². The molecule has 8 heteroatoms. The van der Waals surface area contributed by atoms with Gasteiger partial charge in [0.25, 0.3) is 0 Å². The molecule has 3 rings (SSSR count). The van der Waals surface area contributed by atoms with Crippen LogP contribution in [0.4, 0.5) is 5.82 Å². The zero-order valence-electron chi connectivity index (χ0n) is 14.2. The van der Waals surface area contributed by atoms with Crippen molar-refractivity contribution in [3.63, 3.8) is 0 Å². The lowest BCUT2D eigenvalue weighted by Gasteiger charge is -2.22. The molecule has 8 nitrogen and oxygen atoms in total. The van der Waals surface area contributed by atoms with E-state index in [4.69, 9.17) is 10.5 Å². The number of imidazole rings is 1. The summed E-state index contributed by atoms with van der Waals surface area (Å²) in [5, 5.41) is 3.36. The smallest absolute Gasteiger partial charge is 0.327 e. The molecule has 3 heterocycles. The first-order valence-corrected chi connectivity index (χ1v) is 8.78. The number of nitrogens with zero attached hydrogens (tertiary/aromatic N) is 3. The molecule has 0 aliphatic carbocycles. The molecule has 0 saturated carbocycles. The predicted octanol–water partition coefficient (Wildman–Crippen LogP) is 1.27. The van der Waals surface area contributed by atoms with E-state index in [9.17, 15) is 4.79 Å². The summed E-state index contributed by atoms with van der Waals surface area (Å²) in [4.78, 5) is 23.6. The average Bonchev–Trinajstić information content (AvgIpc) is 2.90. The largest absolute Gasteiger partial charge is 0.463 e. The Morgan fingerprint density at radius 3 is 2.88 bits per heavy atom. The molecule has 132 valence electrons. The van der Waals surface area contributed by atoms with Crippen molar-refractivity contribution in [1.29, 1.82) is 0 Å². The molecule has 1 aliphatic rings. The number of ether oxygens (including phenoxy) is 1. The minimum Gasteiger partial charge on any atom is -0.463 e. The van der Waals surface area contributed by atoms with Crippen LogP contribution in [0.5, 0.6) is 6.01 Å². The van der Waals surface area contributed by atoms with Crippen LogP contribution in [0.1, 0.15) is 39.0 Å². The molecular formula is C16H26N6O2. The maximum Gasteiger partial charge on any atom is 0.327 e. The number of rotatable bonds is 7. The summed E-state index contributed by atoms with van der Waals surface area (Å²) in [6.45, 7) is 5.38. The number of aromatic amines is 1. The predicted molar refractivity (Wildman–Crippen MR) is 93.2 cm³/mol. The Morgan fingerprint density at radius 2 is 2.12 bits per heavy atom. The van der Waals surface area contributed by atoms with Crippen LogP contribution in [0, 0.1) is 5.92 Å². The Bertz CT molecular complexity index is 732. The molecule has 1 aliphatic heterocycles. The molecule has 24 heavy (non-hydrogen) atoms. The molecule has 2 aromatic heterocycles. The van der Waals surface area contributed by atoms with Crippen LogP contribution in [0.15, 0.2) is 4.79 Å². The number of nitrogens with one attached hydrogen (secondary N) is 2. The van der Waals surface area contributed by atoms with Crippen molar-refractivity contribution in [1.82, 2.24) is 24.8 Å². The fourth-order valence-corrected chi connectivity index (χ4v) is 3.09. The normalized spacial score (nSPS) is 15.9. The minimum absolute atomic E-state index is 0.189. The van der Waals surface area contributed by atoms with Gasteiger partial charge >= 0.3 is 11.7 Å². The second kappa shape index (κ2) is 7.65. The molecule has 0 radical (unpaired) electrons. The van der Waals surface area contributed by atoms with E-state index in [0.29, 0.717) is 30.2 Å². The van der Waals surface area contributed by atoms with Gasteiger partial charge in [-0.1, -0.05) is 13.3 Å². The summed E-state index contributed by atoms with van der Waals surface area (Å²) in [7, 11) is 0. The van der Waals surface area contributed by atoms with Crippen molar-refractivity contribution in [3.05, 3.63) is 10.5 Å². The van der Waals surface area contributed by atoms with Gasteiger partial charge in [0, 0.05) is 6.54 Å². The van der Waals surface area contributed by atoms with E-state index in [1.165, 1.54) is 0 Å². The van der Waals surface area contributed by atoms with Gasteiger partial charge in [0.05, 0.1) is 6.61 Å². The highest BCUT2D eigenvalue weighted by Crippen LogP contribution is 2.20. The van der Waals surface area contributed by atoms with E-state index in [1.54, 1.807) is 4.57 Å². The monoisotopic (exact) mass is 334 g/mol. The second-order valence-corrected chi connectivity index (χ2v) is 6.36. The van der Waals surface area contributed by atoms with Gasteiger partial charge in [-0.2, -0.15) is 9.97 Å². The number of aryl methyl sites for hydroxylation is 1. The fourth-order valence-electron chi connectivity index (χ4n) is 3.09.